The summed E-state index contributed by atoms with van der Waals surface area (Å²) in [6.45, 7) is 0.115. The fourth-order valence-corrected chi connectivity index (χ4v) is 4.48. The fraction of sp³-hybridized carbons (Fsp3) is 0.250. The molecule has 0 aliphatic carbocycles. The molecule has 180 valence electrons. The van der Waals surface area contributed by atoms with E-state index in [4.69, 9.17) is 23.9 Å². The number of rotatable bonds is 7. The molecular weight excluding hydrogens is 444 g/mol. The summed E-state index contributed by atoms with van der Waals surface area (Å²) >= 11 is 0. The van der Waals surface area contributed by atoms with Crippen LogP contribution < -0.4 is 9.47 Å². The third-order valence-electron chi connectivity index (χ3n) is 6.28. The Bertz CT molecular complexity index is 1290. The Morgan fingerprint density at radius 3 is 2.06 bits per heavy atom. The molecule has 0 radical (unpaired) electrons. The molecule has 1 aromatic heterocycles. The van der Waals surface area contributed by atoms with Crippen LogP contribution in [0.25, 0.3) is 22.5 Å². The lowest BCUT2D eigenvalue weighted by Crippen LogP contribution is -2.33. The third kappa shape index (κ3) is 4.08. The lowest BCUT2D eigenvalue weighted by atomic mass is 10.0. The van der Waals surface area contributed by atoms with E-state index in [0.717, 1.165) is 39.6 Å². The molecule has 1 aliphatic rings. The van der Waals surface area contributed by atoms with Crippen molar-refractivity contribution < 1.29 is 24.1 Å². The van der Waals surface area contributed by atoms with Gasteiger partial charge in [0.1, 0.15) is 17.6 Å². The lowest BCUT2D eigenvalue weighted by Gasteiger charge is -2.28. The van der Waals surface area contributed by atoms with Gasteiger partial charge < -0.3 is 28.6 Å². The van der Waals surface area contributed by atoms with Gasteiger partial charge in [-0.2, -0.15) is 0 Å². The van der Waals surface area contributed by atoms with Gasteiger partial charge in [-0.1, -0.05) is 30.3 Å². The van der Waals surface area contributed by atoms with Gasteiger partial charge in [0.25, 0.3) is 5.79 Å². The summed E-state index contributed by atoms with van der Waals surface area (Å²) in [5.41, 5.74) is 4.40. The molecule has 0 saturated carbocycles. The van der Waals surface area contributed by atoms with Crippen molar-refractivity contribution in [3.05, 3.63) is 90.3 Å². The van der Waals surface area contributed by atoms with Crippen molar-refractivity contribution in [3.8, 4) is 34.0 Å². The molecule has 2 unspecified atom stereocenters. The minimum atomic E-state index is -1.25. The van der Waals surface area contributed by atoms with E-state index in [1.807, 2.05) is 90.5 Å². The summed E-state index contributed by atoms with van der Waals surface area (Å²) in [6, 6.07) is 25.4. The highest BCUT2D eigenvalue weighted by Gasteiger charge is 2.48. The standard InChI is InChI=1S/C28H28N2O5/c1-30-26(20-11-15-23(33-3)16-12-20)25(19-9-13-22(32-2)14-10-19)29-27(30)28(21-7-5-4-6-8-21)34-18-24(17-31)35-28/h4-16,24,31H,17-18H2,1-3H3. The first-order valence-corrected chi connectivity index (χ1v) is 11.4. The van der Waals surface area contributed by atoms with Gasteiger partial charge in [-0.25, -0.2) is 4.98 Å². The molecule has 1 N–H and O–H groups in total. The highest BCUT2D eigenvalue weighted by atomic mass is 16.7. The molecule has 5 rings (SSSR count). The van der Waals surface area contributed by atoms with Crippen LogP contribution in [0.3, 0.4) is 0 Å². The Kier molecular flexibility index (Phi) is 6.30. The number of hydrogen-bond acceptors (Lipinski definition) is 6. The van der Waals surface area contributed by atoms with Crippen molar-refractivity contribution in [3.63, 3.8) is 0 Å². The zero-order valence-corrected chi connectivity index (χ0v) is 20.0. The summed E-state index contributed by atoms with van der Waals surface area (Å²) in [5, 5.41) is 9.82. The smallest absolute Gasteiger partial charge is 0.256 e. The van der Waals surface area contributed by atoms with Crippen LogP contribution in [0.2, 0.25) is 0 Å². The molecule has 35 heavy (non-hydrogen) atoms. The van der Waals surface area contributed by atoms with Crippen molar-refractivity contribution >= 4 is 0 Å². The van der Waals surface area contributed by atoms with Crippen molar-refractivity contribution in [2.24, 2.45) is 7.05 Å². The average molecular weight is 473 g/mol. The van der Waals surface area contributed by atoms with Gasteiger partial charge in [0, 0.05) is 23.7 Å². The van der Waals surface area contributed by atoms with Crippen molar-refractivity contribution in [2.75, 3.05) is 27.4 Å². The van der Waals surface area contributed by atoms with Gasteiger partial charge in [-0.05, 0) is 48.5 Å². The van der Waals surface area contributed by atoms with E-state index in [0.29, 0.717) is 5.82 Å². The van der Waals surface area contributed by atoms with Crippen LogP contribution in [0.15, 0.2) is 78.9 Å². The summed E-state index contributed by atoms with van der Waals surface area (Å²) in [4.78, 5) is 5.11. The molecule has 3 aromatic carbocycles. The van der Waals surface area contributed by atoms with E-state index in [1.54, 1.807) is 14.2 Å². The van der Waals surface area contributed by atoms with Gasteiger partial charge in [-0.3, -0.25) is 0 Å². The monoisotopic (exact) mass is 472 g/mol. The Hall–Kier alpha value is -3.65. The van der Waals surface area contributed by atoms with Gasteiger partial charge in [0.05, 0.1) is 38.8 Å². The number of methoxy groups -OCH3 is 2. The van der Waals surface area contributed by atoms with Crippen LogP contribution in [-0.4, -0.2) is 48.2 Å². The molecule has 1 aliphatic heterocycles. The number of ether oxygens (including phenoxy) is 4. The molecule has 7 heteroatoms. The molecule has 4 aromatic rings. The quantitative estimate of drug-likeness (QED) is 0.430. The topological polar surface area (TPSA) is 75.0 Å². The Balaban J connectivity index is 1.73. The minimum Gasteiger partial charge on any atom is -0.497 e. The molecular formula is C28H28N2O5. The minimum absolute atomic E-state index is 0.143. The molecule has 1 saturated heterocycles. The van der Waals surface area contributed by atoms with E-state index in [1.165, 1.54) is 0 Å². The molecule has 1 fully saturated rings. The van der Waals surface area contributed by atoms with E-state index in [-0.39, 0.29) is 13.2 Å². The first-order chi connectivity index (χ1) is 17.1. The van der Waals surface area contributed by atoms with Crippen LogP contribution in [0.5, 0.6) is 11.5 Å². The fourth-order valence-electron chi connectivity index (χ4n) is 4.48. The van der Waals surface area contributed by atoms with Crippen LogP contribution >= 0.6 is 0 Å². The second kappa shape index (κ2) is 9.54. The van der Waals surface area contributed by atoms with Crippen LogP contribution in [0.1, 0.15) is 11.4 Å². The molecule has 0 amide bonds. The SMILES string of the molecule is COc1ccc(-c2nc(C3(c4ccccc4)OCC(CO)O3)n(C)c2-c2ccc(OC)cc2)cc1. The molecule has 0 bridgehead atoms. The predicted octanol–water partition coefficient (Wildman–Crippen LogP) is 4.38. The Morgan fingerprint density at radius 1 is 0.914 bits per heavy atom. The van der Waals surface area contributed by atoms with Crippen LogP contribution in [-0.2, 0) is 22.3 Å². The predicted molar refractivity (Wildman–Crippen MR) is 132 cm³/mol. The van der Waals surface area contributed by atoms with Crippen LogP contribution in [0.4, 0.5) is 0 Å². The maximum absolute atomic E-state index is 9.82. The Morgan fingerprint density at radius 2 is 1.51 bits per heavy atom. The number of aliphatic hydroxyl groups excluding tert-OH is 1. The van der Waals surface area contributed by atoms with Crippen molar-refractivity contribution in [2.45, 2.75) is 11.9 Å². The zero-order valence-electron chi connectivity index (χ0n) is 20.0. The molecule has 2 atom stereocenters. The summed E-state index contributed by atoms with van der Waals surface area (Å²) in [7, 11) is 5.25. The number of benzene rings is 3. The zero-order chi connectivity index (χ0) is 24.4. The molecule has 2 heterocycles. The van der Waals surface area contributed by atoms with Crippen LogP contribution in [0, 0.1) is 0 Å². The van der Waals surface area contributed by atoms with Crippen molar-refractivity contribution in [1.29, 1.82) is 0 Å². The third-order valence-corrected chi connectivity index (χ3v) is 6.28. The average Bonchev–Trinajstić information content (AvgIpc) is 3.51. The van der Waals surface area contributed by atoms with Gasteiger partial charge in [0.15, 0.2) is 5.82 Å². The lowest BCUT2D eigenvalue weighted by molar-refractivity contribution is -0.153. The Labute approximate surface area is 204 Å². The number of nitrogens with zero attached hydrogens (tertiary/aromatic N) is 2. The summed E-state index contributed by atoms with van der Waals surface area (Å²) in [6.07, 6.45) is -0.458. The van der Waals surface area contributed by atoms with Crippen molar-refractivity contribution in [1.82, 2.24) is 9.55 Å². The summed E-state index contributed by atoms with van der Waals surface area (Å²) in [5.74, 6) is 0.882. The van der Waals surface area contributed by atoms with Gasteiger partial charge in [0.2, 0.25) is 0 Å². The number of hydrogen-bond donors (Lipinski definition) is 1. The summed E-state index contributed by atoms with van der Waals surface area (Å²) < 4.78 is 25.4. The maximum atomic E-state index is 9.82. The second-order valence-corrected chi connectivity index (χ2v) is 8.36. The number of aliphatic hydroxyl groups is 1. The first kappa shape index (κ1) is 23.1. The van der Waals surface area contributed by atoms with Gasteiger partial charge >= 0.3 is 0 Å². The normalized spacial score (nSPS) is 19.6. The van der Waals surface area contributed by atoms with Gasteiger partial charge in [-0.15, -0.1) is 0 Å². The second-order valence-electron chi connectivity index (χ2n) is 8.36. The highest BCUT2D eigenvalue weighted by molar-refractivity contribution is 5.80. The largest absolute Gasteiger partial charge is 0.497 e. The number of imidazole rings is 1. The highest BCUT2D eigenvalue weighted by Crippen LogP contribution is 2.44. The number of aromatic nitrogens is 2. The first-order valence-electron chi connectivity index (χ1n) is 11.4. The van der Waals surface area contributed by atoms with E-state index in [9.17, 15) is 5.11 Å². The van der Waals surface area contributed by atoms with E-state index < -0.39 is 11.9 Å². The maximum Gasteiger partial charge on any atom is 0.256 e. The van der Waals surface area contributed by atoms with E-state index in [2.05, 4.69) is 0 Å². The van der Waals surface area contributed by atoms with E-state index >= 15 is 0 Å². The molecule has 7 nitrogen and oxygen atoms in total. The molecule has 0 spiro atoms.